The van der Waals surface area contributed by atoms with Crippen LogP contribution < -0.4 is 0 Å². The minimum absolute atomic E-state index is 0.230. The summed E-state index contributed by atoms with van der Waals surface area (Å²) in [6.07, 6.45) is 7.43. The first-order valence-electron chi connectivity index (χ1n) is 11.0. The first-order valence-corrected chi connectivity index (χ1v) is 11.0. The normalized spacial score (nSPS) is 24.9. The summed E-state index contributed by atoms with van der Waals surface area (Å²) in [5.74, 6) is 0. The van der Waals surface area contributed by atoms with Crippen molar-refractivity contribution in [2.45, 2.75) is 64.1 Å². The summed E-state index contributed by atoms with van der Waals surface area (Å²) >= 11 is 0. The third kappa shape index (κ3) is 3.22. The van der Waals surface area contributed by atoms with Gasteiger partial charge in [-0.1, -0.05) is 18.1 Å². The van der Waals surface area contributed by atoms with Crippen molar-refractivity contribution >= 4 is 10.9 Å². The van der Waals surface area contributed by atoms with Crippen LogP contribution in [0.2, 0.25) is 0 Å². The molecule has 4 nitrogen and oxygen atoms in total. The molecule has 146 valence electrons. The van der Waals surface area contributed by atoms with Crippen LogP contribution in [0, 0.1) is 6.92 Å². The highest BCUT2D eigenvalue weighted by molar-refractivity contribution is 5.87. The van der Waals surface area contributed by atoms with E-state index in [1.165, 1.54) is 55.0 Å². The molecule has 1 aromatic carbocycles. The molecule has 27 heavy (non-hydrogen) atoms. The van der Waals surface area contributed by atoms with Crippen LogP contribution in [0.25, 0.3) is 10.9 Å². The number of nitrogens with zero attached hydrogens (tertiary/aromatic N) is 3. The van der Waals surface area contributed by atoms with Crippen LogP contribution in [0.5, 0.6) is 0 Å². The molecule has 1 fully saturated rings. The molecule has 0 amide bonds. The average Bonchev–Trinajstić information content (AvgIpc) is 2.99. The molecule has 3 aliphatic rings. The Bertz CT molecular complexity index is 821. The van der Waals surface area contributed by atoms with Gasteiger partial charge in [0.1, 0.15) is 0 Å². The number of aliphatic hydroxyl groups is 1. The average molecular weight is 368 g/mol. The number of piperidine rings is 1. The molecule has 0 unspecified atom stereocenters. The summed E-state index contributed by atoms with van der Waals surface area (Å²) in [4.78, 5) is 5.04. The second kappa shape index (κ2) is 7.23. The first kappa shape index (κ1) is 17.7. The van der Waals surface area contributed by atoms with Gasteiger partial charge in [0.2, 0.25) is 0 Å². The van der Waals surface area contributed by atoms with Gasteiger partial charge in [-0.25, -0.2) is 0 Å². The Morgan fingerprint density at radius 1 is 1.04 bits per heavy atom. The predicted octanol–water partition coefficient (Wildman–Crippen LogP) is 3.49. The molecule has 4 heteroatoms. The van der Waals surface area contributed by atoms with E-state index in [1.807, 2.05) is 0 Å². The Morgan fingerprint density at radius 2 is 1.89 bits per heavy atom. The maximum Gasteiger partial charge on any atom is 0.0794 e. The third-order valence-corrected chi connectivity index (χ3v) is 7.00. The van der Waals surface area contributed by atoms with E-state index in [4.69, 9.17) is 0 Å². The zero-order chi connectivity index (χ0) is 18.4. The molecule has 1 aromatic heterocycles. The molecule has 0 spiro atoms. The number of aliphatic hydroxyl groups excluding tert-OH is 1. The number of fused-ring (bicyclic) bond motifs is 3. The van der Waals surface area contributed by atoms with Crippen LogP contribution in [0.1, 0.15) is 55.0 Å². The van der Waals surface area contributed by atoms with Crippen LogP contribution in [0.15, 0.2) is 18.2 Å². The minimum Gasteiger partial charge on any atom is -0.390 e. The standard InChI is InChI=1S/C23H33N3O/c1-17-8-9-21-20(14-17)19-6-5-7-22-23(19)26(21)13-12-25(22)16-18(27)15-24-10-3-2-4-11-24/h8-9,14,18,22,27H,2-7,10-13,15-16H2,1H3/t18-,22-/m1/s1. The number of aryl methyl sites for hydroxylation is 2. The lowest BCUT2D eigenvalue weighted by Crippen LogP contribution is -2.46. The summed E-state index contributed by atoms with van der Waals surface area (Å²) in [6.45, 7) is 8.32. The maximum absolute atomic E-state index is 10.8. The van der Waals surface area contributed by atoms with Gasteiger partial charge in [-0.3, -0.25) is 4.90 Å². The molecule has 0 bridgehead atoms. The van der Waals surface area contributed by atoms with E-state index in [0.717, 1.165) is 39.3 Å². The lowest BCUT2D eigenvalue weighted by atomic mass is 9.89. The lowest BCUT2D eigenvalue weighted by molar-refractivity contribution is 0.0381. The number of benzene rings is 1. The van der Waals surface area contributed by atoms with Crippen LogP contribution in [-0.4, -0.2) is 58.3 Å². The molecule has 3 heterocycles. The Kier molecular flexibility index (Phi) is 4.75. The maximum atomic E-state index is 10.8. The Balaban J connectivity index is 1.38. The number of aromatic nitrogens is 1. The molecular formula is C23H33N3O. The number of likely N-dealkylation sites (tertiary alicyclic amines) is 1. The molecule has 0 radical (unpaired) electrons. The SMILES string of the molecule is Cc1ccc2c(c1)c1c3n2CCN(C[C@H](O)CN2CCCCC2)[C@@H]3CCC1. The highest BCUT2D eigenvalue weighted by atomic mass is 16.3. The zero-order valence-corrected chi connectivity index (χ0v) is 16.7. The van der Waals surface area contributed by atoms with E-state index >= 15 is 0 Å². The second-order valence-electron chi connectivity index (χ2n) is 8.95. The monoisotopic (exact) mass is 367 g/mol. The zero-order valence-electron chi connectivity index (χ0n) is 16.7. The fourth-order valence-electron chi connectivity index (χ4n) is 5.78. The van der Waals surface area contributed by atoms with Gasteiger partial charge in [0.15, 0.2) is 0 Å². The molecule has 1 saturated heterocycles. The number of hydrogen-bond donors (Lipinski definition) is 1. The van der Waals surface area contributed by atoms with Gasteiger partial charge in [-0.15, -0.1) is 0 Å². The Hall–Kier alpha value is -1.36. The van der Waals surface area contributed by atoms with Gasteiger partial charge in [0.05, 0.1) is 12.1 Å². The highest BCUT2D eigenvalue weighted by Gasteiger charge is 2.35. The van der Waals surface area contributed by atoms with Crippen molar-refractivity contribution in [1.29, 1.82) is 0 Å². The third-order valence-electron chi connectivity index (χ3n) is 7.00. The van der Waals surface area contributed by atoms with E-state index in [1.54, 1.807) is 11.3 Å². The van der Waals surface area contributed by atoms with Crippen LogP contribution in [-0.2, 0) is 13.0 Å². The predicted molar refractivity (Wildman–Crippen MR) is 110 cm³/mol. The topological polar surface area (TPSA) is 31.6 Å². The first-order chi connectivity index (χ1) is 13.2. The van der Waals surface area contributed by atoms with Gasteiger partial charge >= 0.3 is 0 Å². The largest absolute Gasteiger partial charge is 0.390 e. The fraction of sp³-hybridized carbons (Fsp3) is 0.652. The number of rotatable bonds is 4. The van der Waals surface area contributed by atoms with Crippen molar-refractivity contribution in [3.8, 4) is 0 Å². The molecule has 2 atom stereocenters. The van der Waals surface area contributed by atoms with Gasteiger partial charge < -0.3 is 14.6 Å². The number of β-amino-alcohol motifs (C(OH)–C–C–N with tert-alkyl or cyclic N) is 1. The minimum atomic E-state index is -0.230. The molecule has 0 saturated carbocycles. The summed E-state index contributed by atoms with van der Waals surface area (Å²) < 4.78 is 2.58. The van der Waals surface area contributed by atoms with Crippen LogP contribution >= 0.6 is 0 Å². The van der Waals surface area contributed by atoms with Gasteiger partial charge in [0, 0.05) is 42.8 Å². The van der Waals surface area contributed by atoms with E-state index in [0.29, 0.717) is 6.04 Å². The van der Waals surface area contributed by atoms with E-state index in [2.05, 4.69) is 39.5 Å². The number of hydrogen-bond acceptors (Lipinski definition) is 3. The lowest BCUT2D eigenvalue weighted by Gasteiger charge is -2.41. The molecule has 1 N–H and O–H groups in total. The summed E-state index contributed by atoms with van der Waals surface area (Å²) in [7, 11) is 0. The van der Waals surface area contributed by atoms with E-state index in [-0.39, 0.29) is 6.10 Å². The summed E-state index contributed by atoms with van der Waals surface area (Å²) in [5.41, 5.74) is 5.92. The fourth-order valence-corrected chi connectivity index (χ4v) is 5.78. The molecule has 1 aliphatic carbocycles. The highest BCUT2D eigenvalue weighted by Crippen LogP contribution is 2.42. The molecule has 2 aliphatic heterocycles. The van der Waals surface area contributed by atoms with Crippen molar-refractivity contribution in [3.63, 3.8) is 0 Å². The van der Waals surface area contributed by atoms with Crippen molar-refractivity contribution in [1.82, 2.24) is 14.4 Å². The molecular weight excluding hydrogens is 334 g/mol. The van der Waals surface area contributed by atoms with E-state index in [9.17, 15) is 5.11 Å². The molecule has 2 aromatic rings. The summed E-state index contributed by atoms with van der Waals surface area (Å²) in [5, 5.41) is 12.3. The smallest absolute Gasteiger partial charge is 0.0794 e. The van der Waals surface area contributed by atoms with Gasteiger partial charge in [-0.05, 0) is 69.8 Å². The Labute approximate surface area is 162 Å². The van der Waals surface area contributed by atoms with Crippen molar-refractivity contribution < 1.29 is 5.11 Å². The quantitative estimate of drug-likeness (QED) is 0.898. The van der Waals surface area contributed by atoms with Crippen molar-refractivity contribution in [2.24, 2.45) is 0 Å². The van der Waals surface area contributed by atoms with Crippen molar-refractivity contribution in [3.05, 3.63) is 35.0 Å². The second-order valence-corrected chi connectivity index (χ2v) is 8.95. The van der Waals surface area contributed by atoms with Crippen LogP contribution in [0.3, 0.4) is 0 Å². The Morgan fingerprint density at radius 3 is 2.74 bits per heavy atom. The van der Waals surface area contributed by atoms with Gasteiger partial charge in [-0.2, -0.15) is 0 Å². The van der Waals surface area contributed by atoms with Gasteiger partial charge in [0.25, 0.3) is 0 Å². The molecule has 5 rings (SSSR count). The summed E-state index contributed by atoms with van der Waals surface area (Å²) in [6, 6.07) is 7.45. The van der Waals surface area contributed by atoms with Crippen molar-refractivity contribution in [2.75, 3.05) is 32.7 Å². The van der Waals surface area contributed by atoms with Crippen LogP contribution in [0.4, 0.5) is 0 Å². The van der Waals surface area contributed by atoms with E-state index < -0.39 is 0 Å².